The van der Waals surface area contributed by atoms with E-state index in [1.165, 1.54) is 7.11 Å². The molecule has 0 heterocycles. The summed E-state index contributed by atoms with van der Waals surface area (Å²) in [6.45, 7) is 0.946. The molecule has 1 aromatic rings. The monoisotopic (exact) mass is 302 g/mol. The second-order valence-electron chi connectivity index (χ2n) is 3.94. The van der Waals surface area contributed by atoms with E-state index in [0.717, 1.165) is 24.3 Å². The summed E-state index contributed by atoms with van der Waals surface area (Å²) >= 11 is 0. The second kappa shape index (κ2) is 9.04. The molecule has 1 rings (SSSR count). The van der Waals surface area contributed by atoms with Crippen molar-refractivity contribution in [2.24, 2.45) is 0 Å². The first-order chi connectivity index (χ1) is 10.0. The van der Waals surface area contributed by atoms with Crippen molar-refractivity contribution in [3.63, 3.8) is 0 Å². The highest BCUT2D eigenvalue weighted by molar-refractivity contribution is 5.85. The van der Waals surface area contributed by atoms with Crippen LogP contribution in [0, 0.1) is 11.6 Å². The second-order valence-corrected chi connectivity index (χ2v) is 3.94. The average Bonchev–Trinajstić information content (AvgIpc) is 2.42. The van der Waals surface area contributed by atoms with E-state index in [2.05, 4.69) is 0 Å². The Morgan fingerprint density at radius 1 is 1.19 bits per heavy atom. The maximum Gasteiger partial charge on any atom is 0.328 e. The quantitative estimate of drug-likeness (QED) is 0.559. The Morgan fingerprint density at radius 3 is 2.38 bits per heavy atom. The molecule has 1 N–H and O–H groups in total. The average molecular weight is 302 g/mol. The molecule has 0 spiro atoms. The first-order valence-electron chi connectivity index (χ1n) is 6.14. The van der Waals surface area contributed by atoms with Gasteiger partial charge in [0.15, 0.2) is 17.4 Å². The predicted octanol–water partition coefficient (Wildman–Crippen LogP) is 2.10. The Kier molecular flexibility index (Phi) is 7.34. The predicted molar refractivity (Wildman–Crippen MR) is 71.2 cm³/mol. The molecule has 0 aliphatic rings. The van der Waals surface area contributed by atoms with E-state index in [9.17, 15) is 13.6 Å². The number of hydrogen-bond acceptors (Lipinski definition) is 4. The van der Waals surface area contributed by atoms with Gasteiger partial charge in [0.25, 0.3) is 0 Å². The Hall–Kier alpha value is -1.99. The number of halogens is 2. The Balaban J connectivity index is 2.57. The van der Waals surface area contributed by atoms with Crippen molar-refractivity contribution >= 4 is 12.0 Å². The molecule has 0 saturated heterocycles. The summed E-state index contributed by atoms with van der Waals surface area (Å²) in [5.41, 5.74) is 0.0936. The van der Waals surface area contributed by atoms with E-state index >= 15 is 0 Å². The lowest BCUT2D eigenvalue weighted by atomic mass is 10.2. The number of carboxylic acid groups (broad SMARTS) is 1. The van der Waals surface area contributed by atoms with E-state index in [0.29, 0.717) is 13.2 Å². The molecule has 0 aliphatic heterocycles. The van der Waals surface area contributed by atoms with Gasteiger partial charge in [-0.15, -0.1) is 0 Å². The molecule has 1 aromatic carbocycles. The van der Waals surface area contributed by atoms with E-state index in [-0.39, 0.29) is 18.8 Å². The number of rotatable bonds is 9. The number of carbonyl (C=O) groups is 1. The number of ether oxygens (including phenoxy) is 3. The third kappa shape index (κ3) is 6.33. The van der Waals surface area contributed by atoms with Gasteiger partial charge in [-0.2, -0.15) is 0 Å². The Labute approximate surface area is 120 Å². The molecule has 21 heavy (non-hydrogen) atoms. The van der Waals surface area contributed by atoms with Crippen molar-refractivity contribution in [1.29, 1.82) is 0 Å². The van der Waals surface area contributed by atoms with Crippen LogP contribution < -0.4 is 4.74 Å². The summed E-state index contributed by atoms with van der Waals surface area (Å²) < 4.78 is 42.1. The van der Waals surface area contributed by atoms with Crippen LogP contribution in [0.5, 0.6) is 5.75 Å². The van der Waals surface area contributed by atoms with Crippen molar-refractivity contribution in [3.8, 4) is 5.75 Å². The standard InChI is InChI=1S/C14H16F2O5/c1-19-4-5-20-6-7-21-14-11(15)8-10(9-12(14)16)2-3-13(17)18/h2-3,8-9H,4-7H2,1H3,(H,17,18). The van der Waals surface area contributed by atoms with E-state index in [1.807, 2.05) is 0 Å². The summed E-state index contributed by atoms with van der Waals surface area (Å²) in [5, 5.41) is 8.45. The van der Waals surface area contributed by atoms with Gasteiger partial charge >= 0.3 is 5.97 Å². The molecule has 0 radical (unpaired) electrons. The van der Waals surface area contributed by atoms with Gasteiger partial charge in [-0.05, 0) is 23.8 Å². The van der Waals surface area contributed by atoms with Crippen molar-refractivity contribution in [3.05, 3.63) is 35.4 Å². The van der Waals surface area contributed by atoms with Crippen molar-refractivity contribution in [1.82, 2.24) is 0 Å². The smallest absolute Gasteiger partial charge is 0.328 e. The highest BCUT2D eigenvalue weighted by Gasteiger charge is 2.12. The van der Waals surface area contributed by atoms with Gasteiger partial charge in [0.2, 0.25) is 0 Å². The van der Waals surface area contributed by atoms with Gasteiger partial charge in [-0.25, -0.2) is 13.6 Å². The van der Waals surface area contributed by atoms with Gasteiger partial charge < -0.3 is 19.3 Å². The molecule has 0 aromatic heterocycles. The number of hydrogen-bond donors (Lipinski definition) is 1. The van der Waals surface area contributed by atoms with Gasteiger partial charge in [0.1, 0.15) is 6.61 Å². The highest BCUT2D eigenvalue weighted by atomic mass is 19.1. The summed E-state index contributed by atoms with van der Waals surface area (Å²) in [5.74, 6) is -3.53. The maximum atomic E-state index is 13.7. The minimum atomic E-state index is -1.20. The summed E-state index contributed by atoms with van der Waals surface area (Å²) in [6, 6.07) is 1.98. The van der Waals surface area contributed by atoms with Crippen LogP contribution in [0.4, 0.5) is 8.78 Å². The molecule has 0 aliphatic carbocycles. The van der Waals surface area contributed by atoms with E-state index < -0.39 is 23.4 Å². The van der Waals surface area contributed by atoms with Crippen LogP contribution in [0.1, 0.15) is 5.56 Å². The van der Waals surface area contributed by atoms with Gasteiger partial charge in [0.05, 0.1) is 19.8 Å². The first kappa shape index (κ1) is 17.1. The fourth-order valence-electron chi connectivity index (χ4n) is 1.43. The first-order valence-corrected chi connectivity index (χ1v) is 6.14. The number of methoxy groups -OCH3 is 1. The molecule has 0 unspecified atom stereocenters. The van der Waals surface area contributed by atoms with Crippen LogP contribution >= 0.6 is 0 Å². The van der Waals surface area contributed by atoms with Crippen molar-refractivity contribution in [2.75, 3.05) is 33.5 Å². The Bertz CT molecular complexity index is 479. The lowest BCUT2D eigenvalue weighted by Gasteiger charge is -2.09. The summed E-state index contributed by atoms with van der Waals surface area (Å²) in [4.78, 5) is 10.3. The molecule has 0 atom stereocenters. The number of carboxylic acids is 1. The number of aliphatic carboxylic acids is 1. The van der Waals surface area contributed by atoms with Crippen LogP contribution in [-0.4, -0.2) is 44.6 Å². The lowest BCUT2D eigenvalue weighted by molar-refractivity contribution is -0.131. The molecular formula is C14H16F2O5. The molecule has 116 valence electrons. The SMILES string of the molecule is COCCOCCOc1c(F)cc(C=CC(=O)O)cc1F. The third-order valence-corrected chi connectivity index (χ3v) is 2.34. The summed E-state index contributed by atoms with van der Waals surface area (Å²) in [6.07, 6.45) is 1.88. The highest BCUT2D eigenvalue weighted by Crippen LogP contribution is 2.23. The molecule has 7 heteroatoms. The third-order valence-electron chi connectivity index (χ3n) is 2.34. The van der Waals surface area contributed by atoms with Crippen LogP contribution in [0.25, 0.3) is 6.08 Å². The fourth-order valence-corrected chi connectivity index (χ4v) is 1.43. The minimum absolute atomic E-state index is 0.0120. The van der Waals surface area contributed by atoms with Gasteiger partial charge in [-0.3, -0.25) is 0 Å². The van der Waals surface area contributed by atoms with Gasteiger partial charge in [-0.1, -0.05) is 0 Å². The topological polar surface area (TPSA) is 65.0 Å². The minimum Gasteiger partial charge on any atom is -0.485 e. The normalized spacial score (nSPS) is 11.0. The van der Waals surface area contributed by atoms with Crippen LogP contribution in [0.3, 0.4) is 0 Å². The van der Waals surface area contributed by atoms with Crippen LogP contribution in [0.2, 0.25) is 0 Å². The van der Waals surface area contributed by atoms with Crippen LogP contribution in [-0.2, 0) is 14.3 Å². The van der Waals surface area contributed by atoms with E-state index in [4.69, 9.17) is 19.3 Å². The number of benzene rings is 1. The zero-order valence-electron chi connectivity index (χ0n) is 11.5. The molecule has 0 amide bonds. The zero-order chi connectivity index (χ0) is 15.7. The summed E-state index contributed by atoms with van der Waals surface area (Å²) in [7, 11) is 1.53. The maximum absolute atomic E-state index is 13.7. The van der Waals surface area contributed by atoms with E-state index in [1.54, 1.807) is 0 Å². The Morgan fingerprint density at radius 2 is 1.81 bits per heavy atom. The molecule has 0 fully saturated rings. The molecule has 0 saturated carbocycles. The molecular weight excluding hydrogens is 286 g/mol. The lowest BCUT2D eigenvalue weighted by Crippen LogP contribution is -2.11. The zero-order valence-corrected chi connectivity index (χ0v) is 11.5. The largest absolute Gasteiger partial charge is 0.485 e. The van der Waals surface area contributed by atoms with Gasteiger partial charge in [0, 0.05) is 13.2 Å². The fraction of sp³-hybridized carbons (Fsp3) is 0.357. The molecule has 0 bridgehead atoms. The van der Waals surface area contributed by atoms with Crippen LogP contribution in [0.15, 0.2) is 18.2 Å². The molecule has 5 nitrogen and oxygen atoms in total. The van der Waals surface area contributed by atoms with Crippen molar-refractivity contribution < 1.29 is 32.9 Å². The van der Waals surface area contributed by atoms with Crippen molar-refractivity contribution in [2.45, 2.75) is 0 Å².